The quantitative estimate of drug-likeness (QED) is 0.389. The van der Waals surface area contributed by atoms with Crippen LogP contribution in [0.2, 0.25) is 0 Å². The van der Waals surface area contributed by atoms with Crippen molar-refractivity contribution in [3.63, 3.8) is 0 Å². The van der Waals surface area contributed by atoms with Gasteiger partial charge in [-0.3, -0.25) is 0 Å². The first-order valence-electron chi connectivity index (χ1n) is 12.6. The topological polar surface area (TPSA) is 55.2 Å². The minimum absolute atomic E-state index is 0.0950. The molecule has 0 N–H and O–H groups in total. The number of fused-ring (bicyclic) bond motifs is 1. The summed E-state index contributed by atoms with van der Waals surface area (Å²) in [6.45, 7) is 2.98. The molecule has 2 atom stereocenters. The molecular formula is C28H29F2N3O2S. The van der Waals surface area contributed by atoms with Gasteiger partial charge in [-0.2, -0.15) is 9.40 Å². The van der Waals surface area contributed by atoms with Crippen molar-refractivity contribution in [2.24, 2.45) is 11.8 Å². The molecule has 1 heterocycles. The second kappa shape index (κ2) is 8.92. The Morgan fingerprint density at radius 3 is 2.50 bits per heavy atom. The van der Waals surface area contributed by atoms with Gasteiger partial charge < -0.3 is 0 Å². The van der Waals surface area contributed by atoms with Gasteiger partial charge in [0.2, 0.25) is 10.0 Å². The van der Waals surface area contributed by atoms with E-state index in [1.165, 1.54) is 45.8 Å². The molecule has 36 heavy (non-hydrogen) atoms. The van der Waals surface area contributed by atoms with Crippen LogP contribution in [0.3, 0.4) is 0 Å². The van der Waals surface area contributed by atoms with Gasteiger partial charge in [-0.05, 0) is 73.9 Å². The third kappa shape index (κ3) is 4.10. The monoisotopic (exact) mass is 509 g/mol. The standard InChI is InChI=1S/C28H29F2N3O2S/c1-18-24-15-31-33(23-12-10-22(29)11-13-23)26(24)14-20-8-9-21(28(18)20)17-32(16-19-6-7-19)36(34,35)27-5-3-2-4-25(27)30/h2-5,10-13,15,18-19,21H,6-9,14,16-17H2,1H3/t18-,21+/m0/s1. The van der Waals surface area contributed by atoms with Crippen molar-refractivity contribution in [1.82, 2.24) is 14.1 Å². The highest BCUT2D eigenvalue weighted by Gasteiger charge is 2.40. The first kappa shape index (κ1) is 23.6. The largest absolute Gasteiger partial charge is 0.246 e. The summed E-state index contributed by atoms with van der Waals surface area (Å²) in [4.78, 5) is -0.239. The highest BCUT2D eigenvalue weighted by atomic mass is 32.2. The molecule has 188 valence electrons. The van der Waals surface area contributed by atoms with Gasteiger partial charge in [-0.15, -0.1) is 0 Å². The van der Waals surface area contributed by atoms with Gasteiger partial charge in [0.05, 0.1) is 17.6 Å². The lowest BCUT2D eigenvalue weighted by Gasteiger charge is -2.31. The van der Waals surface area contributed by atoms with E-state index in [0.717, 1.165) is 49.0 Å². The average molecular weight is 510 g/mol. The van der Waals surface area contributed by atoms with Gasteiger partial charge in [0.1, 0.15) is 16.5 Å². The Morgan fingerprint density at radius 2 is 1.78 bits per heavy atom. The van der Waals surface area contributed by atoms with E-state index >= 15 is 0 Å². The molecule has 0 radical (unpaired) electrons. The summed E-state index contributed by atoms with van der Waals surface area (Å²) in [5, 5.41) is 4.62. The molecule has 3 aromatic rings. The van der Waals surface area contributed by atoms with Crippen molar-refractivity contribution in [3.8, 4) is 5.69 Å². The molecule has 1 aromatic heterocycles. The van der Waals surface area contributed by atoms with Crippen LogP contribution in [0, 0.1) is 23.5 Å². The fourth-order valence-corrected chi connectivity index (χ4v) is 7.60. The van der Waals surface area contributed by atoms with Crippen LogP contribution in [0.1, 0.15) is 49.8 Å². The predicted octanol–water partition coefficient (Wildman–Crippen LogP) is 5.62. The number of sulfonamides is 1. The molecule has 0 bridgehead atoms. The van der Waals surface area contributed by atoms with Gasteiger partial charge in [0.25, 0.3) is 0 Å². The van der Waals surface area contributed by atoms with Gasteiger partial charge in [0, 0.05) is 31.0 Å². The number of aromatic nitrogens is 2. The highest BCUT2D eigenvalue weighted by molar-refractivity contribution is 7.89. The summed E-state index contributed by atoms with van der Waals surface area (Å²) in [5.74, 6) is -0.418. The van der Waals surface area contributed by atoms with Crippen molar-refractivity contribution in [2.45, 2.75) is 49.8 Å². The summed E-state index contributed by atoms with van der Waals surface area (Å²) in [7, 11) is -3.94. The zero-order valence-electron chi connectivity index (χ0n) is 20.2. The van der Waals surface area contributed by atoms with Gasteiger partial charge >= 0.3 is 0 Å². The molecule has 5 nitrogen and oxygen atoms in total. The third-order valence-corrected chi connectivity index (χ3v) is 9.83. The van der Waals surface area contributed by atoms with Crippen LogP contribution in [0.25, 0.3) is 5.69 Å². The van der Waals surface area contributed by atoms with Crippen molar-refractivity contribution >= 4 is 10.0 Å². The van der Waals surface area contributed by atoms with Crippen LogP contribution in [0.15, 0.2) is 70.8 Å². The van der Waals surface area contributed by atoms with Crippen molar-refractivity contribution in [2.75, 3.05) is 13.1 Å². The van der Waals surface area contributed by atoms with Gasteiger partial charge in [-0.1, -0.05) is 30.2 Å². The second-order valence-corrected chi connectivity index (χ2v) is 12.2. The Hall–Kier alpha value is -2.84. The first-order chi connectivity index (χ1) is 17.3. The van der Waals surface area contributed by atoms with E-state index in [-0.39, 0.29) is 22.5 Å². The van der Waals surface area contributed by atoms with Crippen LogP contribution in [0.4, 0.5) is 8.78 Å². The van der Waals surface area contributed by atoms with Gasteiger partial charge in [0.15, 0.2) is 0 Å². The van der Waals surface area contributed by atoms with E-state index in [9.17, 15) is 17.2 Å². The van der Waals surface area contributed by atoms with E-state index in [2.05, 4.69) is 12.0 Å². The number of allylic oxidation sites excluding steroid dienone is 1. The van der Waals surface area contributed by atoms with E-state index in [0.29, 0.717) is 19.0 Å². The summed E-state index contributed by atoms with van der Waals surface area (Å²) in [5.41, 5.74) is 5.73. The van der Waals surface area contributed by atoms with Crippen LogP contribution in [0.5, 0.6) is 0 Å². The SMILES string of the molecule is C[C@@H]1C2=C(CC[C@@H]2CN(CC2CC2)S(=O)(=O)c2ccccc2F)Cc2c1cnn2-c1ccc(F)cc1. The number of rotatable bonds is 7. The molecule has 0 spiro atoms. The Morgan fingerprint density at radius 1 is 1.03 bits per heavy atom. The molecule has 0 amide bonds. The Labute approximate surface area is 210 Å². The Kier molecular flexibility index (Phi) is 5.84. The van der Waals surface area contributed by atoms with E-state index < -0.39 is 15.8 Å². The minimum atomic E-state index is -3.94. The van der Waals surface area contributed by atoms with Crippen LogP contribution < -0.4 is 0 Å². The summed E-state index contributed by atoms with van der Waals surface area (Å²) in [6.07, 6.45) is 6.48. The summed E-state index contributed by atoms with van der Waals surface area (Å²) >= 11 is 0. The average Bonchev–Trinajstić information content (AvgIpc) is 3.43. The molecule has 8 heteroatoms. The van der Waals surface area contributed by atoms with Crippen LogP contribution >= 0.6 is 0 Å². The molecule has 3 aliphatic rings. The number of hydrogen-bond acceptors (Lipinski definition) is 3. The number of hydrogen-bond donors (Lipinski definition) is 0. The molecule has 0 aliphatic heterocycles. The fourth-order valence-electron chi connectivity index (χ4n) is 5.97. The number of halogens is 2. The molecular weight excluding hydrogens is 480 g/mol. The molecule has 0 unspecified atom stereocenters. The summed E-state index contributed by atoms with van der Waals surface area (Å²) in [6, 6.07) is 12.0. The summed E-state index contributed by atoms with van der Waals surface area (Å²) < 4.78 is 58.5. The number of nitrogens with zero attached hydrogens (tertiary/aromatic N) is 3. The molecule has 0 saturated heterocycles. The molecule has 1 saturated carbocycles. The van der Waals surface area contributed by atoms with Crippen LogP contribution in [-0.4, -0.2) is 35.6 Å². The lowest BCUT2D eigenvalue weighted by Crippen LogP contribution is -2.38. The zero-order chi connectivity index (χ0) is 25.0. The van der Waals surface area contributed by atoms with Crippen molar-refractivity contribution in [1.29, 1.82) is 0 Å². The third-order valence-electron chi connectivity index (χ3n) is 7.97. The smallest absolute Gasteiger partial charge is 0.237 e. The molecule has 6 rings (SSSR count). The minimum Gasteiger partial charge on any atom is -0.237 e. The maximum absolute atomic E-state index is 14.5. The van der Waals surface area contributed by atoms with E-state index in [4.69, 9.17) is 0 Å². The lowest BCUT2D eigenvalue weighted by molar-refractivity contribution is 0.345. The molecule has 1 fully saturated rings. The molecule has 3 aliphatic carbocycles. The maximum atomic E-state index is 14.5. The Balaban J connectivity index is 1.29. The Bertz CT molecular complexity index is 1440. The number of benzene rings is 2. The van der Waals surface area contributed by atoms with Gasteiger partial charge in [-0.25, -0.2) is 21.9 Å². The first-order valence-corrected chi connectivity index (χ1v) is 14.1. The fraction of sp³-hybridized carbons (Fsp3) is 0.393. The van der Waals surface area contributed by atoms with Crippen molar-refractivity contribution in [3.05, 3.63) is 88.8 Å². The highest BCUT2D eigenvalue weighted by Crippen LogP contribution is 2.48. The van der Waals surface area contributed by atoms with E-state index in [1.54, 1.807) is 18.2 Å². The molecule has 2 aromatic carbocycles. The predicted molar refractivity (Wildman–Crippen MR) is 133 cm³/mol. The lowest BCUT2D eigenvalue weighted by atomic mass is 9.80. The normalized spacial score (nSPS) is 21.7. The van der Waals surface area contributed by atoms with E-state index in [1.807, 2.05) is 10.9 Å². The maximum Gasteiger partial charge on any atom is 0.246 e. The second-order valence-electron chi connectivity index (χ2n) is 10.3. The zero-order valence-corrected chi connectivity index (χ0v) is 21.0. The van der Waals surface area contributed by atoms with Crippen molar-refractivity contribution < 1.29 is 17.2 Å². The van der Waals surface area contributed by atoms with Crippen LogP contribution in [-0.2, 0) is 16.4 Å².